The standard InChI is InChI=1S/C26H27NO3S/c1-17(2)23-15-20(12-13-25(23)30-16-19-8-5-4-6-9-19)31-26-18(3)14-24(27(28)29)21-10-7-11-22(21)26/h4-6,8-9,12-15,17H,7,10-11,16H2,1-3H3. The molecule has 0 aliphatic heterocycles. The van der Waals surface area contributed by atoms with Gasteiger partial charge in [-0.15, -0.1) is 0 Å². The molecular weight excluding hydrogens is 406 g/mol. The summed E-state index contributed by atoms with van der Waals surface area (Å²) in [6.07, 6.45) is 2.69. The number of nitro benzene ring substituents is 1. The molecule has 0 spiro atoms. The molecule has 4 rings (SSSR count). The van der Waals surface area contributed by atoms with E-state index in [1.54, 1.807) is 17.8 Å². The highest BCUT2D eigenvalue weighted by Gasteiger charge is 2.27. The fraction of sp³-hybridized carbons (Fsp3) is 0.308. The van der Waals surface area contributed by atoms with Gasteiger partial charge in [-0.2, -0.15) is 0 Å². The topological polar surface area (TPSA) is 52.4 Å². The molecule has 0 saturated carbocycles. The molecule has 0 saturated heterocycles. The number of rotatable bonds is 7. The molecule has 0 N–H and O–H groups in total. The number of nitro groups is 1. The molecule has 0 heterocycles. The molecular formula is C26H27NO3S. The molecule has 160 valence electrons. The van der Waals surface area contributed by atoms with Crippen LogP contribution in [0.3, 0.4) is 0 Å². The summed E-state index contributed by atoms with van der Waals surface area (Å²) in [7, 11) is 0. The van der Waals surface area contributed by atoms with Gasteiger partial charge in [-0.25, -0.2) is 0 Å². The van der Waals surface area contributed by atoms with E-state index in [0.717, 1.165) is 52.2 Å². The van der Waals surface area contributed by atoms with Gasteiger partial charge in [0.05, 0.1) is 4.92 Å². The van der Waals surface area contributed by atoms with E-state index >= 15 is 0 Å². The van der Waals surface area contributed by atoms with Crippen molar-refractivity contribution < 1.29 is 9.66 Å². The minimum atomic E-state index is -0.235. The molecule has 0 radical (unpaired) electrons. The third-order valence-corrected chi connectivity index (χ3v) is 7.03. The van der Waals surface area contributed by atoms with Crippen molar-refractivity contribution in [3.8, 4) is 5.75 Å². The van der Waals surface area contributed by atoms with Crippen LogP contribution in [-0.4, -0.2) is 4.92 Å². The van der Waals surface area contributed by atoms with E-state index in [-0.39, 0.29) is 10.6 Å². The summed E-state index contributed by atoms with van der Waals surface area (Å²) in [5.74, 6) is 1.24. The second-order valence-electron chi connectivity index (χ2n) is 8.34. The van der Waals surface area contributed by atoms with Crippen molar-refractivity contribution in [3.05, 3.63) is 92.5 Å². The van der Waals surface area contributed by atoms with Gasteiger partial charge in [0.15, 0.2) is 0 Å². The van der Waals surface area contributed by atoms with Crippen LogP contribution in [0, 0.1) is 17.0 Å². The molecule has 3 aromatic carbocycles. The minimum Gasteiger partial charge on any atom is -0.489 e. The average Bonchev–Trinajstić information content (AvgIpc) is 3.24. The van der Waals surface area contributed by atoms with Gasteiger partial charge in [0.2, 0.25) is 0 Å². The van der Waals surface area contributed by atoms with Crippen LogP contribution in [0.15, 0.2) is 64.4 Å². The quantitative estimate of drug-likeness (QED) is 0.291. The first-order valence-corrected chi connectivity index (χ1v) is 11.5. The maximum atomic E-state index is 11.5. The molecule has 4 nitrogen and oxygen atoms in total. The maximum absolute atomic E-state index is 11.5. The first kappa shape index (κ1) is 21.4. The largest absolute Gasteiger partial charge is 0.489 e. The predicted octanol–water partition coefficient (Wildman–Crippen LogP) is 7.25. The Morgan fingerprint density at radius 1 is 1.06 bits per heavy atom. The summed E-state index contributed by atoms with van der Waals surface area (Å²) in [6, 6.07) is 18.3. The van der Waals surface area contributed by atoms with Crippen LogP contribution in [0.1, 0.15) is 54.0 Å². The Kier molecular flexibility index (Phi) is 6.33. The monoisotopic (exact) mass is 433 g/mol. The normalized spacial score (nSPS) is 12.8. The van der Waals surface area contributed by atoms with Gasteiger partial charge in [-0.3, -0.25) is 10.1 Å². The molecule has 0 unspecified atom stereocenters. The lowest BCUT2D eigenvalue weighted by Crippen LogP contribution is -2.01. The lowest BCUT2D eigenvalue weighted by atomic mass is 10.0. The van der Waals surface area contributed by atoms with Gasteiger partial charge >= 0.3 is 0 Å². The van der Waals surface area contributed by atoms with Crippen LogP contribution < -0.4 is 4.74 Å². The lowest BCUT2D eigenvalue weighted by molar-refractivity contribution is -0.385. The first-order valence-electron chi connectivity index (χ1n) is 10.7. The van der Waals surface area contributed by atoms with Crippen molar-refractivity contribution >= 4 is 17.4 Å². The molecule has 0 fully saturated rings. The third kappa shape index (κ3) is 4.62. The van der Waals surface area contributed by atoms with Crippen LogP contribution in [0.5, 0.6) is 5.75 Å². The summed E-state index contributed by atoms with van der Waals surface area (Å²) >= 11 is 1.72. The van der Waals surface area contributed by atoms with Gasteiger partial charge in [-0.1, -0.05) is 55.9 Å². The van der Waals surface area contributed by atoms with Crippen molar-refractivity contribution in [2.24, 2.45) is 0 Å². The zero-order chi connectivity index (χ0) is 22.0. The van der Waals surface area contributed by atoms with Crippen molar-refractivity contribution in [2.75, 3.05) is 0 Å². The van der Waals surface area contributed by atoms with Gasteiger partial charge in [-0.05, 0) is 72.6 Å². The van der Waals surface area contributed by atoms with Crippen molar-refractivity contribution in [1.29, 1.82) is 0 Å². The van der Waals surface area contributed by atoms with Crippen LogP contribution in [0.2, 0.25) is 0 Å². The number of aryl methyl sites for hydroxylation is 1. The average molecular weight is 434 g/mol. The fourth-order valence-electron chi connectivity index (χ4n) is 4.20. The Labute approximate surface area is 187 Å². The summed E-state index contributed by atoms with van der Waals surface area (Å²) in [6.45, 7) is 6.87. The number of nitrogens with zero attached hydrogens (tertiary/aromatic N) is 1. The highest BCUT2D eigenvalue weighted by atomic mass is 32.2. The van der Waals surface area contributed by atoms with Crippen molar-refractivity contribution in [3.63, 3.8) is 0 Å². The number of benzene rings is 3. The highest BCUT2D eigenvalue weighted by Crippen LogP contribution is 2.43. The molecule has 0 bridgehead atoms. The maximum Gasteiger partial charge on any atom is 0.273 e. The number of fused-ring (bicyclic) bond motifs is 1. The smallest absolute Gasteiger partial charge is 0.273 e. The van der Waals surface area contributed by atoms with Crippen LogP contribution in [0.25, 0.3) is 0 Å². The molecule has 31 heavy (non-hydrogen) atoms. The van der Waals surface area contributed by atoms with Crippen molar-refractivity contribution in [2.45, 2.75) is 62.3 Å². The van der Waals surface area contributed by atoms with E-state index < -0.39 is 0 Å². The van der Waals surface area contributed by atoms with Crippen molar-refractivity contribution in [1.82, 2.24) is 0 Å². The minimum absolute atomic E-state index is 0.235. The molecule has 5 heteroatoms. The Balaban J connectivity index is 1.62. The summed E-state index contributed by atoms with van der Waals surface area (Å²) < 4.78 is 6.15. The Morgan fingerprint density at radius 3 is 2.52 bits per heavy atom. The second-order valence-corrected chi connectivity index (χ2v) is 9.42. The summed E-state index contributed by atoms with van der Waals surface area (Å²) in [5.41, 5.74) is 5.66. The number of hydrogen-bond acceptors (Lipinski definition) is 4. The number of hydrogen-bond donors (Lipinski definition) is 0. The van der Waals surface area contributed by atoms with Gasteiger partial charge in [0.25, 0.3) is 5.69 Å². The molecule has 0 amide bonds. The first-order chi connectivity index (χ1) is 14.9. The highest BCUT2D eigenvalue weighted by molar-refractivity contribution is 7.99. The summed E-state index contributed by atoms with van der Waals surface area (Å²) in [5, 5.41) is 11.5. The van der Waals surface area contributed by atoms with Gasteiger partial charge in [0.1, 0.15) is 12.4 Å². The van der Waals surface area contributed by atoms with E-state index in [2.05, 4.69) is 44.2 Å². The molecule has 1 aliphatic carbocycles. The van der Waals surface area contributed by atoms with Crippen LogP contribution >= 0.6 is 11.8 Å². The molecule has 0 aromatic heterocycles. The third-order valence-electron chi connectivity index (χ3n) is 5.77. The van der Waals surface area contributed by atoms with Crippen LogP contribution in [-0.2, 0) is 19.4 Å². The Morgan fingerprint density at radius 2 is 1.81 bits per heavy atom. The van der Waals surface area contributed by atoms with Crippen LogP contribution in [0.4, 0.5) is 5.69 Å². The Bertz CT molecular complexity index is 1110. The zero-order valence-electron chi connectivity index (χ0n) is 18.2. The number of ether oxygens (including phenoxy) is 1. The summed E-state index contributed by atoms with van der Waals surface area (Å²) in [4.78, 5) is 13.6. The second kappa shape index (κ2) is 9.15. The van der Waals surface area contributed by atoms with E-state index in [4.69, 9.17) is 4.74 Å². The SMILES string of the molecule is Cc1cc([N+](=O)[O-])c2c(c1Sc1ccc(OCc3ccccc3)c(C(C)C)c1)CCC2. The van der Waals surface area contributed by atoms with Gasteiger partial charge < -0.3 is 4.74 Å². The fourth-order valence-corrected chi connectivity index (χ4v) is 5.33. The lowest BCUT2D eigenvalue weighted by Gasteiger charge is -2.17. The molecule has 1 aliphatic rings. The van der Waals surface area contributed by atoms with Gasteiger partial charge in [0, 0.05) is 21.4 Å². The Hall–Kier alpha value is -2.79. The van der Waals surface area contributed by atoms with E-state index in [1.807, 2.05) is 25.1 Å². The molecule has 3 aromatic rings. The zero-order valence-corrected chi connectivity index (χ0v) is 19.0. The van der Waals surface area contributed by atoms with E-state index in [1.165, 1.54) is 10.5 Å². The molecule has 0 atom stereocenters. The van der Waals surface area contributed by atoms with E-state index in [9.17, 15) is 10.1 Å². The predicted molar refractivity (Wildman–Crippen MR) is 125 cm³/mol. The van der Waals surface area contributed by atoms with E-state index in [0.29, 0.717) is 12.5 Å².